The number of alkyl halides is 3. The first kappa shape index (κ1) is 21.0. The van der Waals surface area contributed by atoms with Gasteiger partial charge in [0.2, 0.25) is 0 Å². The predicted molar refractivity (Wildman–Crippen MR) is 110 cm³/mol. The highest BCUT2D eigenvalue weighted by atomic mass is 19.4. The maximum atomic E-state index is 13.7. The number of carbonyl (C=O) groups is 1. The standard InChI is InChI=1S/C22H23F3N4O2/c1-3-13(2)14-6-8-15(9-7-14)26-21(30)17-12-20-27-16(18-5-4-10-31-18)11-19(22(23,24)25)29(20)28-17/h4-10,12-13,16,19,27H,3,11H2,1-2H3,(H,26,30)/t13-,16-,19+/m0/s1. The lowest BCUT2D eigenvalue weighted by Gasteiger charge is -2.32. The zero-order valence-corrected chi connectivity index (χ0v) is 17.1. The number of halogens is 3. The zero-order valence-electron chi connectivity index (χ0n) is 17.1. The first-order valence-electron chi connectivity index (χ1n) is 10.1. The van der Waals surface area contributed by atoms with Crippen molar-refractivity contribution in [2.75, 3.05) is 10.6 Å². The number of nitrogens with zero attached hydrogens (tertiary/aromatic N) is 2. The quantitative estimate of drug-likeness (QED) is 0.526. The molecule has 2 aromatic heterocycles. The first-order valence-corrected chi connectivity index (χ1v) is 10.1. The van der Waals surface area contributed by atoms with Crippen molar-refractivity contribution in [3.63, 3.8) is 0 Å². The summed E-state index contributed by atoms with van der Waals surface area (Å²) in [5.41, 5.74) is 1.61. The van der Waals surface area contributed by atoms with Crippen LogP contribution in [-0.2, 0) is 0 Å². The van der Waals surface area contributed by atoms with Crippen molar-refractivity contribution in [3.8, 4) is 0 Å². The molecule has 0 unspecified atom stereocenters. The van der Waals surface area contributed by atoms with E-state index in [4.69, 9.17) is 4.42 Å². The van der Waals surface area contributed by atoms with Gasteiger partial charge in [-0.05, 0) is 42.2 Å². The first-order chi connectivity index (χ1) is 14.8. The molecule has 1 aliphatic rings. The van der Waals surface area contributed by atoms with E-state index in [9.17, 15) is 18.0 Å². The average molecular weight is 432 g/mol. The fourth-order valence-electron chi connectivity index (χ4n) is 3.69. The Bertz CT molecular complexity index is 1040. The van der Waals surface area contributed by atoms with E-state index in [-0.39, 0.29) is 17.9 Å². The summed E-state index contributed by atoms with van der Waals surface area (Å²) in [5.74, 6) is 0.342. The SMILES string of the molecule is CC[C@H](C)c1ccc(NC(=O)c2cc3n(n2)[C@@H](C(F)(F)F)C[C@@H](c2ccco2)N3)cc1. The molecule has 0 saturated carbocycles. The lowest BCUT2D eigenvalue weighted by Crippen LogP contribution is -2.35. The summed E-state index contributed by atoms with van der Waals surface area (Å²) in [6, 6.07) is 9.44. The van der Waals surface area contributed by atoms with Gasteiger partial charge in [0, 0.05) is 18.2 Å². The summed E-state index contributed by atoms with van der Waals surface area (Å²) in [4.78, 5) is 12.7. The molecular weight excluding hydrogens is 409 g/mol. The number of anilines is 2. The topological polar surface area (TPSA) is 72.1 Å². The van der Waals surface area contributed by atoms with E-state index in [1.165, 1.54) is 12.3 Å². The summed E-state index contributed by atoms with van der Waals surface area (Å²) in [7, 11) is 0. The number of aromatic nitrogens is 2. The fourth-order valence-corrected chi connectivity index (χ4v) is 3.69. The maximum absolute atomic E-state index is 13.7. The van der Waals surface area contributed by atoms with E-state index < -0.39 is 24.2 Å². The normalized spacial score (nSPS) is 19.4. The number of fused-ring (bicyclic) bond motifs is 1. The van der Waals surface area contributed by atoms with Gasteiger partial charge in [0.25, 0.3) is 5.91 Å². The molecule has 1 aliphatic heterocycles. The Hall–Kier alpha value is -3.23. The van der Waals surface area contributed by atoms with Crippen molar-refractivity contribution in [3.05, 3.63) is 65.7 Å². The van der Waals surface area contributed by atoms with Gasteiger partial charge in [0.05, 0.1) is 12.3 Å². The van der Waals surface area contributed by atoms with Crippen LogP contribution in [0.2, 0.25) is 0 Å². The van der Waals surface area contributed by atoms with E-state index in [1.807, 2.05) is 12.1 Å². The number of amides is 1. The Balaban J connectivity index is 1.56. The third kappa shape index (κ3) is 4.30. The number of furan rings is 1. The minimum atomic E-state index is -4.52. The van der Waals surface area contributed by atoms with Gasteiger partial charge in [-0.25, -0.2) is 4.68 Å². The molecule has 3 heterocycles. The molecule has 2 N–H and O–H groups in total. The number of rotatable bonds is 5. The summed E-state index contributed by atoms with van der Waals surface area (Å²) in [5, 5.41) is 9.66. The lowest BCUT2D eigenvalue weighted by molar-refractivity contribution is -0.174. The number of benzene rings is 1. The van der Waals surface area contributed by atoms with Gasteiger partial charge in [-0.1, -0.05) is 26.0 Å². The minimum Gasteiger partial charge on any atom is -0.467 e. The number of hydrogen-bond acceptors (Lipinski definition) is 4. The molecule has 3 aromatic rings. The highest BCUT2D eigenvalue weighted by molar-refractivity contribution is 6.03. The van der Waals surface area contributed by atoms with Crippen LogP contribution < -0.4 is 10.6 Å². The van der Waals surface area contributed by atoms with Crippen molar-refractivity contribution in [2.24, 2.45) is 0 Å². The smallest absolute Gasteiger partial charge is 0.410 e. The molecule has 0 radical (unpaired) electrons. The second-order valence-electron chi connectivity index (χ2n) is 7.75. The summed E-state index contributed by atoms with van der Waals surface area (Å²) in [6.07, 6.45) is -2.40. The largest absolute Gasteiger partial charge is 0.467 e. The second kappa shape index (κ2) is 8.13. The molecule has 4 rings (SSSR count). The lowest BCUT2D eigenvalue weighted by atomic mass is 9.99. The van der Waals surface area contributed by atoms with Crippen LogP contribution in [0.5, 0.6) is 0 Å². The Morgan fingerprint density at radius 1 is 1.32 bits per heavy atom. The molecule has 0 spiro atoms. The van der Waals surface area contributed by atoms with Crippen LogP contribution in [0.3, 0.4) is 0 Å². The van der Waals surface area contributed by atoms with E-state index in [0.717, 1.165) is 16.7 Å². The predicted octanol–water partition coefficient (Wildman–Crippen LogP) is 5.90. The third-order valence-corrected chi connectivity index (χ3v) is 5.66. The monoisotopic (exact) mass is 432 g/mol. The molecular formula is C22H23F3N4O2. The molecule has 9 heteroatoms. The van der Waals surface area contributed by atoms with Crippen molar-refractivity contribution in [1.29, 1.82) is 0 Å². The van der Waals surface area contributed by atoms with E-state index >= 15 is 0 Å². The van der Waals surface area contributed by atoms with Crippen LogP contribution >= 0.6 is 0 Å². The molecule has 0 aliphatic carbocycles. The van der Waals surface area contributed by atoms with Crippen LogP contribution in [0, 0.1) is 0 Å². The summed E-state index contributed by atoms with van der Waals surface area (Å²) in [6.45, 7) is 4.21. The molecule has 164 valence electrons. The number of carbonyl (C=O) groups excluding carboxylic acids is 1. The molecule has 0 bridgehead atoms. The zero-order chi connectivity index (χ0) is 22.2. The van der Waals surface area contributed by atoms with Gasteiger partial charge in [-0.15, -0.1) is 0 Å². The van der Waals surface area contributed by atoms with Crippen LogP contribution in [0.4, 0.5) is 24.7 Å². The van der Waals surface area contributed by atoms with Gasteiger partial charge < -0.3 is 15.1 Å². The molecule has 1 aromatic carbocycles. The van der Waals surface area contributed by atoms with Crippen molar-refractivity contribution >= 4 is 17.4 Å². The number of hydrogen-bond donors (Lipinski definition) is 2. The van der Waals surface area contributed by atoms with Gasteiger partial charge >= 0.3 is 6.18 Å². The van der Waals surface area contributed by atoms with Crippen molar-refractivity contribution in [1.82, 2.24) is 9.78 Å². The maximum Gasteiger partial charge on any atom is 0.410 e. The van der Waals surface area contributed by atoms with Crippen molar-refractivity contribution in [2.45, 2.75) is 50.9 Å². The molecule has 0 fully saturated rings. The molecule has 3 atom stereocenters. The summed E-state index contributed by atoms with van der Waals surface area (Å²) >= 11 is 0. The molecule has 31 heavy (non-hydrogen) atoms. The summed E-state index contributed by atoms with van der Waals surface area (Å²) < 4.78 is 47.2. The van der Waals surface area contributed by atoms with Gasteiger partial charge in [0.1, 0.15) is 11.6 Å². The fraction of sp³-hybridized carbons (Fsp3) is 0.364. The van der Waals surface area contributed by atoms with Gasteiger partial charge in [0.15, 0.2) is 11.7 Å². The van der Waals surface area contributed by atoms with Crippen LogP contribution in [-0.4, -0.2) is 21.9 Å². The molecule has 6 nitrogen and oxygen atoms in total. The Labute approximate surface area is 177 Å². The number of nitrogens with one attached hydrogen (secondary N) is 2. The highest BCUT2D eigenvalue weighted by Gasteiger charge is 2.47. The van der Waals surface area contributed by atoms with Gasteiger partial charge in [-0.2, -0.15) is 18.3 Å². The Morgan fingerprint density at radius 3 is 2.68 bits per heavy atom. The third-order valence-electron chi connectivity index (χ3n) is 5.66. The Kier molecular flexibility index (Phi) is 5.51. The molecule has 1 amide bonds. The second-order valence-corrected chi connectivity index (χ2v) is 7.75. The van der Waals surface area contributed by atoms with Crippen molar-refractivity contribution < 1.29 is 22.4 Å². The van der Waals surface area contributed by atoms with Gasteiger partial charge in [-0.3, -0.25) is 4.79 Å². The van der Waals surface area contributed by atoms with Crippen LogP contribution in [0.15, 0.2) is 53.1 Å². The van der Waals surface area contributed by atoms with E-state index in [2.05, 4.69) is 29.6 Å². The molecule has 0 saturated heterocycles. The van der Waals surface area contributed by atoms with Crippen LogP contribution in [0.1, 0.15) is 66.5 Å². The average Bonchev–Trinajstić information content (AvgIpc) is 3.42. The van der Waals surface area contributed by atoms with E-state index in [1.54, 1.807) is 24.3 Å². The highest BCUT2D eigenvalue weighted by Crippen LogP contribution is 2.43. The van der Waals surface area contributed by atoms with E-state index in [0.29, 0.717) is 17.4 Å². The Morgan fingerprint density at radius 2 is 2.06 bits per heavy atom. The van der Waals surface area contributed by atoms with Crippen LogP contribution in [0.25, 0.3) is 0 Å². The minimum absolute atomic E-state index is 0.0946.